The molecule has 3 unspecified atom stereocenters. The second-order valence-corrected chi connectivity index (χ2v) is 6.51. The van der Waals surface area contributed by atoms with Crippen molar-refractivity contribution in [1.82, 2.24) is 10.6 Å². The SMILES string of the molecule is CC(C)NC(=O)C(C)NC1CCCC(C2CC2)C1. The zero-order chi connectivity index (χ0) is 13.1. The van der Waals surface area contributed by atoms with Gasteiger partial charge in [0.05, 0.1) is 6.04 Å². The molecule has 0 aliphatic heterocycles. The quantitative estimate of drug-likeness (QED) is 0.789. The van der Waals surface area contributed by atoms with E-state index in [0.29, 0.717) is 6.04 Å². The molecule has 0 radical (unpaired) electrons. The summed E-state index contributed by atoms with van der Waals surface area (Å²) in [6, 6.07) is 0.722. The summed E-state index contributed by atoms with van der Waals surface area (Å²) in [5, 5.41) is 6.50. The van der Waals surface area contributed by atoms with E-state index in [-0.39, 0.29) is 18.0 Å². The number of nitrogens with one attached hydrogen (secondary N) is 2. The van der Waals surface area contributed by atoms with E-state index in [0.717, 1.165) is 11.8 Å². The van der Waals surface area contributed by atoms with Gasteiger partial charge in [-0.15, -0.1) is 0 Å². The van der Waals surface area contributed by atoms with Crippen molar-refractivity contribution in [3.63, 3.8) is 0 Å². The van der Waals surface area contributed by atoms with E-state index < -0.39 is 0 Å². The summed E-state index contributed by atoms with van der Waals surface area (Å²) in [6.45, 7) is 6.00. The molecule has 104 valence electrons. The molecule has 2 aliphatic rings. The minimum atomic E-state index is -0.0599. The zero-order valence-corrected chi connectivity index (χ0v) is 12.0. The highest BCUT2D eigenvalue weighted by Crippen LogP contribution is 2.43. The van der Waals surface area contributed by atoms with E-state index in [1.807, 2.05) is 20.8 Å². The highest BCUT2D eigenvalue weighted by molar-refractivity contribution is 5.81. The number of rotatable bonds is 5. The maximum Gasteiger partial charge on any atom is 0.237 e. The second-order valence-electron chi connectivity index (χ2n) is 6.51. The molecule has 0 aromatic rings. The van der Waals surface area contributed by atoms with Crippen LogP contribution in [0.3, 0.4) is 0 Å². The lowest BCUT2D eigenvalue weighted by atomic mass is 9.82. The fraction of sp³-hybridized carbons (Fsp3) is 0.933. The van der Waals surface area contributed by atoms with Gasteiger partial charge in [0.2, 0.25) is 5.91 Å². The predicted octanol–water partition coefficient (Wildman–Crippen LogP) is 2.46. The van der Waals surface area contributed by atoms with Crippen LogP contribution < -0.4 is 10.6 Å². The molecule has 0 spiro atoms. The predicted molar refractivity (Wildman–Crippen MR) is 74.3 cm³/mol. The molecule has 18 heavy (non-hydrogen) atoms. The van der Waals surface area contributed by atoms with Crippen LogP contribution in [0.1, 0.15) is 59.3 Å². The van der Waals surface area contributed by atoms with Crippen molar-refractivity contribution in [3.05, 3.63) is 0 Å². The summed E-state index contributed by atoms with van der Waals surface area (Å²) >= 11 is 0. The van der Waals surface area contributed by atoms with Gasteiger partial charge in [-0.2, -0.15) is 0 Å². The third kappa shape index (κ3) is 3.98. The molecule has 3 nitrogen and oxygen atoms in total. The fourth-order valence-electron chi connectivity index (χ4n) is 3.21. The summed E-state index contributed by atoms with van der Waals surface area (Å²) in [4.78, 5) is 11.9. The lowest BCUT2D eigenvalue weighted by Gasteiger charge is -2.32. The summed E-state index contributed by atoms with van der Waals surface area (Å²) in [5.41, 5.74) is 0. The standard InChI is InChI=1S/C15H28N2O/c1-10(2)16-15(18)11(3)17-14-6-4-5-13(9-14)12-7-8-12/h10-14,17H,4-9H2,1-3H3,(H,16,18). The first-order chi connectivity index (χ1) is 8.56. The van der Waals surface area contributed by atoms with E-state index in [1.54, 1.807) is 0 Å². The van der Waals surface area contributed by atoms with Gasteiger partial charge in [-0.25, -0.2) is 0 Å². The Morgan fingerprint density at radius 2 is 1.78 bits per heavy atom. The molecule has 0 aromatic heterocycles. The van der Waals surface area contributed by atoms with Crippen molar-refractivity contribution in [2.45, 2.75) is 77.4 Å². The second kappa shape index (κ2) is 6.05. The number of carbonyl (C=O) groups excluding carboxylic acids is 1. The van der Waals surface area contributed by atoms with E-state index in [9.17, 15) is 4.79 Å². The molecule has 0 heterocycles. The van der Waals surface area contributed by atoms with Crippen molar-refractivity contribution in [1.29, 1.82) is 0 Å². The zero-order valence-electron chi connectivity index (χ0n) is 12.0. The molecule has 2 fully saturated rings. The van der Waals surface area contributed by atoms with Crippen molar-refractivity contribution in [2.75, 3.05) is 0 Å². The molecular formula is C15H28N2O. The third-order valence-corrected chi connectivity index (χ3v) is 4.31. The lowest BCUT2D eigenvalue weighted by Crippen LogP contribution is -2.49. The molecule has 0 aromatic carbocycles. The Balaban J connectivity index is 1.75. The van der Waals surface area contributed by atoms with E-state index in [2.05, 4.69) is 10.6 Å². The minimum Gasteiger partial charge on any atom is -0.353 e. The van der Waals surface area contributed by atoms with Crippen LogP contribution in [0.2, 0.25) is 0 Å². The highest BCUT2D eigenvalue weighted by Gasteiger charge is 2.35. The lowest BCUT2D eigenvalue weighted by molar-refractivity contribution is -0.123. The maximum atomic E-state index is 11.9. The molecule has 2 aliphatic carbocycles. The summed E-state index contributed by atoms with van der Waals surface area (Å²) in [5.74, 6) is 2.07. The van der Waals surface area contributed by atoms with Crippen LogP contribution >= 0.6 is 0 Å². The maximum absolute atomic E-state index is 11.9. The summed E-state index contributed by atoms with van der Waals surface area (Å²) < 4.78 is 0. The van der Waals surface area contributed by atoms with Gasteiger partial charge in [0, 0.05) is 12.1 Å². The van der Waals surface area contributed by atoms with Gasteiger partial charge in [0.1, 0.15) is 0 Å². The smallest absolute Gasteiger partial charge is 0.237 e. The Kier molecular flexibility index (Phi) is 4.66. The van der Waals surface area contributed by atoms with Crippen LogP contribution in [0.5, 0.6) is 0 Å². The number of hydrogen-bond donors (Lipinski definition) is 2. The van der Waals surface area contributed by atoms with Crippen molar-refractivity contribution < 1.29 is 4.79 Å². The van der Waals surface area contributed by atoms with Gasteiger partial charge in [0.15, 0.2) is 0 Å². The average molecular weight is 252 g/mol. The van der Waals surface area contributed by atoms with Crippen LogP contribution in [0, 0.1) is 11.8 Å². The van der Waals surface area contributed by atoms with Gasteiger partial charge in [-0.3, -0.25) is 4.79 Å². The summed E-state index contributed by atoms with van der Waals surface area (Å²) in [6.07, 6.45) is 8.15. The van der Waals surface area contributed by atoms with Gasteiger partial charge in [0.25, 0.3) is 0 Å². The average Bonchev–Trinajstić information content (AvgIpc) is 3.12. The van der Waals surface area contributed by atoms with Crippen LogP contribution in [-0.2, 0) is 4.79 Å². The van der Waals surface area contributed by atoms with Gasteiger partial charge in [-0.05, 0) is 58.3 Å². The van der Waals surface area contributed by atoms with Crippen molar-refractivity contribution >= 4 is 5.91 Å². The molecule has 0 bridgehead atoms. The fourth-order valence-corrected chi connectivity index (χ4v) is 3.21. The Hall–Kier alpha value is -0.570. The number of amides is 1. The molecule has 2 N–H and O–H groups in total. The van der Waals surface area contributed by atoms with Gasteiger partial charge in [-0.1, -0.05) is 12.8 Å². The molecule has 3 atom stereocenters. The van der Waals surface area contributed by atoms with Crippen LogP contribution in [-0.4, -0.2) is 24.0 Å². The summed E-state index contributed by atoms with van der Waals surface area (Å²) in [7, 11) is 0. The topological polar surface area (TPSA) is 41.1 Å². The molecular weight excluding hydrogens is 224 g/mol. The first-order valence-electron chi connectivity index (χ1n) is 7.62. The first-order valence-corrected chi connectivity index (χ1v) is 7.62. The monoisotopic (exact) mass is 252 g/mol. The highest BCUT2D eigenvalue weighted by atomic mass is 16.2. The Morgan fingerprint density at radius 1 is 1.06 bits per heavy atom. The molecule has 2 saturated carbocycles. The van der Waals surface area contributed by atoms with Gasteiger partial charge >= 0.3 is 0 Å². The first kappa shape index (κ1) is 13.9. The van der Waals surface area contributed by atoms with E-state index >= 15 is 0 Å². The van der Waals surface area contributed by atoms with E-state index in [1.165, 1.54) is 38.5 Å². The third-order valence-electron chi connectivity index (χ3n) is 4.31. The van der Waals surface area contributed by atoms with Crippen LogP contribution in [0.4, 0.5) is 0 Å². The largest absolute Gasteiger partial charge is 0.353 e. The minimum absolute atomic E-state index is 0.0599. The Morgan fingerprint density at radius 3 is 2.39 bits per heavy atom. The van der Waals surface area contributed by atoms with Gasteiger partial charge < -0.3 is 10.6 Å². The Bertz CT molecular complexity index is 286. The van der Waals surface area contributed by atoms with E-state index in [4.69, 9.17) is 0 Å². The number of carbonyl (C=O) groups is 1. The Labute approximate surface area is 111 Å². The molecule has 2 rings (SSSR count). The van der Waals surface area contributed by atoms with Crippen molar-refractivity contribution in [3.8, 4) is 0 Å². The number of hydrogen-bond acceptors (Lipinski definition) is 2. The molecule has 1 amide bonds. The molecule has 0 saturated heterocycles. The van der Waals surface area contributed by atoms with Crippen LogP contribution in [0.25, 0.3) is 0 Å². The molecule has 3 heteroatoms. The van der Waals surface area contributed by atoms with Crippen LogP contribution in [0.15, 0.2) is 0 Å². The normalized spacial score (nSPS) is 30.2. The van der Waals surface area contributed by atoms with Crippen molar-refractivity contribution in [2.24, 2.45) is 11.8 Å².